The van der Waals surface area contributed by atoms with Crippen molar-refractivity contribution in [3.63, 3.8) is 0 Å². The van der Waals surface area contributed by atoms with Crippen LogP contribution in [0.15, 0.2) is 42.5 Å². The smallest absolute Gasteiger partial charge is 0.416 e. The van der Waals surface area contributed by atoms with Crippen LogP contribution in [0.1, 0.15) is 35.3 Å². The van der Waals surface area contributed by atoms with E-state index < -0.39 is 11.7 Å². The fraction of sp³-hybridized carbons (Fsp3) is 0.350. The number of carbonyl (C=O) groups is 1. The van der Waals surface area contributed by atoms with E-state index in [2.05, 4.69) is 0 Å². The van der Waals surface area contributed by atoms with Crippen LogP contribution in [0.25, 0.3) is 0 Å². The summed E-state index contributed by atoms with van der Waals surface area (Å²) in [6.07, 6.45) is -4.38. The first-order valence-electron chi connectivity index (χ1n) is 8.57. The number of halogens is 3. The maximum atomic E-state index is 12.7. The van der Waals surface area contributed by atoms with Gasteiger partial charge in [-0.3, -0.25) is 4.79 Å². The molecule has 0 aliphatic heterocycles. The van der Waals surface area contributed by atoms with Gasteiger partial charge in [-0.05, 0) is 49.7 Å². The van der Waals surface area contributed by atoms with Crippen molar-refractivity contribution in [2.45, 2.75) is 26.6 Å². The minimum absolute atomic E-state index is 0.189. The zero-order valence-corrected chi connectivity index (χ0v) is 15.5. The Balaban J connectivity index is 2.13. The maximum absolute atomic E-state index is 12.7. The van der Waals surface area contributed by atoms with Gasteiger partial charge in [-0.2, -0.15) is 13.2 Å². The van der Waals surface area contributed by atoms with Crippen LogP contribution in [0.3, 0.4) is 0 Å². The summed E-state index contributed by atoms with van der Waals surface area (Å²) in [6.45, 7) is 4.78. The standard InChI is InChI=1S/C20H22F3NO3/c1-4-26-17-11-8-15(12-18(17)27-5-2)19(25)24(3)13-14-6-9-16(10-7-14)20(21,22)23/h6-12H,4-5,13H2,1-3H3. The number of rotatable bonds is 7. The van der Waals surface area contributed by atoms with Gasteiger partial charge in [-0.15, -0.1) is 0 Å². The molecule has 146 valence electrons. The lowest BCUT2D eigenvalue weighted by molar-refractivity contribution is -0.137. The Labute approximate surface area is 156 Å². The van der Waals surface area contributed by atoms with Crippen molar-refractivity contribution in [2.75, 3.05) is 20.3 Å². The molecule has 2 aromatic rings. The van der Waals surface area contributed by atoms with E-state index >= 15 is 0 Å². The highest BCUT2D eigenvalue weighted by Crippen LogP contribution is 2.30. The van der Waals surface area contributed by atoms with Gasteiger partial charge in [0.25, 0.3) is 5.91 Å². The molecule has 7 heteroatoms. The van der Waals surface area contributed by atoms with Gasteiger partial charge in [0.2, 0.25) is 0 Å². The van der Waals surface area contributed by atoms with Crippen molar-refractivity contribution in [2.24, 2.45) is 0 Å². The maximum Gasteiger partial charge on any atom is 0.416 e. The summed E-state index contributed by atoms with van der Waals surface area (Å²) < 4.78 is 48.9. The molecule has 0 heterocycles. The summed E-state index contributed by atoms with van der Waals surface area (Å²) in [4.78, 5) is 14.1. The highest BCUT2D eigenvalue weighted by molar-refractivity contribution is 5.94. The minimum atomic E-state index is -4.38. The van der Waals surface area contributed by atoms with Crippen LogP contribution in [0, 0.1) is 0 Å². The SMILES string of the molecule is CCOc1ccc(C(=O)N(C)Cc2ccc(C(F)(F)F)cc2)cc1OCC. The third-order valence-corrected chi connectivity index (χ3v) is 3.84. The van der Waals surface area contributed by atoms with E-state index in [1.165, 1.54) is 17.0 Å². The number of benzene rings is 2. The predicted octanol–water partition coefficient (Wildman–Crippen LogP) is 4.78. The van der Waals surface area contributed by atoms with E-state index in [1.807, 2.05) is 13.8 Å². The molecule has 0 bridgehead atoms. The van der Waals surface area contributed by atoms with Gasteiger partial charge in [0, 0.05) is 19.2 Å². The molecule has 0 aliphatic rings. The van der Waals surface area contributed by atoms with Crippen LogP contribution in [0.5, 0.6) is 11.5 Å². The van der Waals surface area contributed by atoms with Crippen molar-refractivity contribution in [1.29, 1.82) is 0 Å². The predicted molar refractivity (Wildman–Crippen MR) is 96.0 cm³/mol. The van der Waals surface area contributed by atoms with Gasteiger partial charge in [0.05, 0.1) is 18.8 Å². The Hall–Kier alpha value is -2.70. The minimum Gasteiger partial charge on any atom is -0.490 e. The van der Waals surface area contributed by atoms with Crippen molar-refractivity contribution >= 4 is 5.91 Å². The number of nitrogens with zero attached hydrogens (tertiary/aromatic N) is 1. The lowest BCUT2D eigenvalue weighted by atomic mass is 10.1. The zero-order chi connectivity index (χ0) is 20.0. The van der Waals surface area contributed by atoms with E-state index in [9.17, 15) is 18.0 Å². The first-order chi connectivity index (χ1) is 12.8. The molecular weight excluding hydrogens is 359 g/mol. The van der Waals surface area contributed by atoms with Crippen LogP contribution in [-0.2, 0) is 12.7 Å². The normalized spacial score (nSPS) is 11.2. The van der Waals surface area contributed by atoms with Gasteiger partial charge < -0.3 is 14.4 Å². The largest absolute Gasteiger partial charge is 0.490 e. The first-order valence-corrected chi connectivity index (χ1v) is 8.57. The van der Waals surface area contributed by atoms with Gasteiger partial charge >= 0.3 is 6.18 Å². The van der Waals surface area contributed by atoms with Gasteiger partial charge in [0.15, 0.2) is 11.5 Å². The number of alkyl halides is 3. The Kier molecular flexibility index (Phi) is 6.71. The van der Waals surface area contributed by atoms with E-state index in [0.29, 0.717) is 35.8 Å². The fourth-order valence-electron chi connectivity index (χ4n) is 2.55. The van der Waals surface area contributed by atoms with Crippen LogP contribution in [-0.4, -0.2) is 31.1 Å². The zero-order valence-electron chi connectivity index (χ0n) is 15.5. The molecule has 0 fully saturated rings. The fourth-order valence-corrected chi connectivity index (χ4v) is 2.55. The van der Waals surface area contributed by atoms with E-state index in [4.69, 9.17) is 9.47 Å². The van der Waals surface area contributed by atoms with Crippen LogP contribution < -0.4 is 9.47 Å². The first kappa shape index (κ1) is 20.6. The summed E-state index contributed by atoms with van der Waals surface area (Å²) in [5.41, 5.74) is 0.305. The number of hydrogen-bond donors (Lipinski definition) is 0. The number of hydrogen-bond acceptors (Lipinski definition) is 3. The molecule has 4 nitrogen and oxygen atoms in total. The molecule has 2 aromatic carbocycles. The summed E-state index contributed by atoms with van der Waals surface area (Å²) in [5, 5.41) is 0. The molecule has 1 amide bonds. The molecule has 0 spiro atoms. The lowest BCUT2D eigenvalue weighted by Gasteiger charge is -2.19. The quantitative estimate of drug-likeness (QED) is 0.693. The summed E-state index contributed by atoms with van der Waals surface area (Å²) in [5.74, 6) is 0.772. The average Bonchev–Trinajstić information content (AvgIpc) is 2.62. The molecular formula is C20H22F3NO3. The second-order valence-corrected chi connectivity index (χ2v) is 5.88. The highest BCUT2D eigenvalue weighted by atomic mass is 19.4. The van der Waals surface area contributed by atoms with E-state index in [0.717, 1.165) is 12.1 Å². The Morgan fingerprint density at radius 1 is 0.963 bits per heavy atom. The van der Waals surface area contributed by atoms with Crippen molar-refractivity contribution < 1.29 is 27.4 Å². The Bertz CT molecular complexity index is 773. The molecule has 0 aromatic heterocycles. The number of ether oxygens (including phenoxy) is 2. The van der Waals surface area contributed by atoms with Gasteiger partial charge in [-0.25, -0.2) is 0 Å². The van der Waals surface area contributed by atoms with Gasteiger partial charge in [0.1, 0.15) is 0 Å². The molecule has 0 unspecified atom stereocenters. The molecule has 0 N–H and O–H groups in total. The summed E-state index contributed by atoms with van der Waals surface area (Å²) >= 11 is 0. The average molecular weight is 381 g/mol. The lowest BCUT2D eigenvalue weighted by Crippen LogP contribution is -2.26. The van der Waals surface area contributed by atoms with Crippen LogP contribution in [0.4, 0.5) is 13.2 Å². The number of carbonyl (C=O) groups excluding carboxylic acids is 1. The molecule has 0 atom stereocenters. The molecule has 0 radical (unpaired) electrons. The van der Waals surface area contributed by atoms with Gasteiger partial charge in [-0.1, -0.05) is 12.1 Å². The molecule has 0 saturated carbocycles. The molecule has 0 saturated heterocycles. The highest BCUT2D eigenvalue weighted by Gasteiger charge is 2.30. The number of amides is 1. The summed E-state index contributed by atoms with van der Waals surface area (Å²) in [6, 6.07) is 9.69. The van der Waals surface area contributed by atoms with Crippen molar-refractivity contribution in [1.82, 2.24) is 4.90 Å². The Morgan fingerprint density at radius 2 is 1.56 bits per heavy atom. The van der Waals surface area contributed by atoms with Crippen LogP contribution in [0.2, 0.25) is 0 Å². The second-order valence-electron chi connectivity index (χ2n) is 5.88. The summed E-state index contributed by atoms with van der Waals surface area (Å²) in [7, 11) is 1.59. The van der Waals surface area contributed by atoms with Crippen LogP contribution >= 0.6 is 0 Å². The Morgan fingerprint density at radius 3 is 2.11 bits per heavy atom. The third-order valence-electron chi connectivity index (χ3n) is 3.84. The van der Waals surface area contributed by atoms with E-state index in [1.54, 1.807) is 25.2 Å². The monoisotopic (exact) mass is 381 g/mol. The molecule has 27 heavy (non-hydrogen) atoms. The third kappa shape index (κ3) is 5.39. The molecule has 2 rings (SSSR count). The topological polar surface area (TPSA) is 38.8 Å². The van der Waals surface area contributed by atoms with E-state index in [-0.39, 0.29) is 12.5 Å². The second kappa shape index (κ2) is 8.79. The van der Waals surface area contributed by atoms with Crippen molar-refractivity contribution in [3.8, 4) is 11.5 Å². The molecule has 0 aliphatic carbocycles. The van der Waals surface area contributed by atoms with Crippen molar-refractivity contribution in [3.05, 3.63) is 59.2 Å².